The Balaban J connectivity index is 2.03. The van der Waals surface area contributed by atoms with E-state index in [1.54, 1.807) is 0 Å². The van der Waals surface area contributed by atoms with E-state index in [9.17, 15) is 0 Å². The Labute approximate surface area is 154 Å². The first-order chi connectivity index (χ1) is 12.0. The lowest BCUT2D eigenvalue weighted by Gasteiger charge is -2.12. The maximum absolute atomic E-state index is 2.36. The van der Waals surface area contributed by atoms with Gasteiger partial charge in [0.25, 0.3) is 0 Å². The molecule has 0 heterocycles. The summed E-state index contributed by atoms with van der Waals surface area (Å²) in [6.45, 7) is 13.1. The molecule has 0 spiro atoms. The van der Waals surface area contributed by atoms with Crippen LogP contribution in [0, 0.1) is 20.8 Å². The molecule has 0 aliphatic heterocycles. The second-order valence-corrected chi connectivity index (χ2v) is 7.11. The molecular formula is C25H32. The molecule has 0 heteroatoms. The number of benzene rings is 2. The summed E-state index contributed by atoms with van der Waals surface area (Å²) < 4.78 is 0. The normalized spacial score (nSPS) is 12.6. The van der Waals surface area contributed by atoms with Crippen molar-refractivity contribution in [2.24, 2.45) is 0 Å². The Morgan fingerprint density at radius 1 is 0.840 bits per heavy atom. The van der Waals surface area contributed by atoms with Crippen molar-refractivity contribution in [1.29, 1.82) is 0 Å². The van der Waals surface area contributed by atoms with Crippen LogP contribution in [0.5, 0.6) is 0 Å². The molecule has 0 aliphatic carbocycles. The maximum Gasteiger partial charge on any atom is -0.0198 e. The monoisotopic (exact) mass is 332 g/mol. The highest BCUT2D eigenvalue weighted by Crippen LogP contribution is 2.26. The summed E-state index contributed by atoms with van der Waals surface area (Å²) in [5, 5.41) is 0. The van der Waals surface area contributed by atoms with E-state index in [4.69, 9.17) is 0 Å². The van der Waals surface area contributed by atoms with Crippen LogP contribution in [-0.4, -0.2) is 0 Å². The minimum atomic E-state index is 1.13. The molecular weight excluding hydrogens is 300 g/mol. The Morgan fingerprint density at radius 3 is 2.12 bits per heavy atom. The van der Waals surface area contributed by atoms with Gasteiger partial charge in [0.1, 0.15) is 0 Å². The predicted octanol–water partition coefficient (Wildman–Crippen LogP) is 7.46. The third kappa shape index (κ3) is 4.95. The first-order valence-electron chi connectivity index (χ1n) is 9.42. The highest BCUT2D eigenvalue weighted by molar-refractivity contribution is 5.68. The first-order valence-corrected chi connectivity index (χ1v) is 9.42. The van der Waals surface area contributed by atoms with Gasteiger partial charge in [-0.3, -0.25) is 0 Å². The molecule has 0 atom stereocenters. The second kappa shape index (κ2) is 8.85. The highest BCUT2D eigenvalue weighted by Gasteiger charge is 2.06. The number of aryl methyl sites for hydroxylation is 4. The zero-order valence-corrected chi connectivity index (χ0v) is 16.7. The Hall–Kier alpha value is -2.08. The lowest BCUT2D eigenvalue weighted by atomic mass is 9.93. The topological polar surface area (TPSA) is 0 Å². The van der Waals surface area contributed by atoms with Gasteiger partial charge < -0.3 is 0 Å². The summed E-state index contributed by atoms with van der Waals surface area (Å²) >= 11 is 0. The molecule has 0 nitrogen and oxygen atoms in total. The second-order valence-electron chi connectivity index (χ2n) is 7.11. The summed E-state index contributed by atoms with van der Waals surface area (Å²) in [6, 6.07) is 13.7. The van der Waals surface area contributed by atoms with Gasteiger partial charge >= 0.3 is 0 Å². The van der Waals surface area contributed by atoms with Gasteiger partial charge in [0.2, 0.25) is 0 Å². The molecule has 25 heavy (non-hydrogen) atoms. The maximum atomic E-state index is 2.36. The number of hydrogen-bond donors (Lipinski definition) is 0. The van der Waals surface area contributed by atoms with Gasteiger partial charge in [-0.1, -0.05) is 54.1 Å². The Morgan fingerprint density at radius 2 is 1.52 bits per heavy atom. The van der Waals surface area contributed by atoms with Crippen LogP contribution < -0.4 is 0 Å². The summed E-state index contributed by atoms with van der Waals surface area (Å²) in [7, 11) is 0. The standard InChI is InChI=1S/C25H32/c1-7-19(4)24-15-13-22(17-21(24)6)10-9-11-23(8-2)25-14-12-18(3)16-20(25)5/h7-8,12-17H,9-11H2,1-6H3/b19-7-,23-8-. The molecule has 0 aromatic heterocycles. The van der Waals surface area contributed by atoms with E-state index in [2.05, 4.69) is 90.1 Å². The van der Waals surface area contributed by atoms with Crippen molar-refractivity contribution in [3.63, 3.8) is 0 Å². The van der Waals surface area contributed by atoms with Crippen molar-refractivity contribution in [1.82, 2.24) is 0 Å². The van der Waals surface area contributed by atoms with Gasteiger partial charge in [-0.05, 0) is 99.8 Å². The molecule has 0 unspecified atom stereocenters. The largest absolute Gasteiger partial charge is 0.0841 e. The molecule has 2 rings (SSSR count). The molecule has 0 bridgehead atoms. The van der Waals surface area contributed by atoms with Gasteiger partial charge in [0.15, 0.2) is 0 Å². The van der Waals surface area contributed by atoms with E-state index < -0.39 is 0 Å². The van der Waals surface area contributed by atoms with E-state index in [1.165, 1.54) is 50.9 Å². The van der Waals surface area contributed by atoms with Gasteiger partial charge in [-0.2, -0.15) is 0 Å². The lowest BCUT2D eigenvalue weighted by Crippen LogP contribution is -1.94. The van der Waals surface area contributed by atoms with Crippen molar-refractivity contribution in [3.05, 3.63) is 81.9 Å². The quantitative estimate of drug-likeness (QED) is 0.515. The summed E-state index contributed by atoms with van der Waals surface area (Å²) in [6.07, 6.45) is 7.92. The van der Waals surface area contributed by atoms with Crippen LogP contribution in [0.3, 0.4) is 0 Å². The van der Waals surface area contributed by atoms with Crippen molar-refractivity contribution < 1.29 is 0 Å². The fraction of sp³-hybridized carbons (Fsp3) is 0.360. The van der Waals surface area contributed by atoms with Crippen LogP contribution in [-0.2, 0) is 6.42 Å². The molecule has 0 fully saturated rings. The van der Waals surface area contributed by atoms with Crippen LogP contribution in [0.1, 0.15) is 67.0 Å². The van der Waals surface area contributed by atoms with Crippen LogP contribution in [0.2, 0.25) is 0 Å². The van der Waals surface area contributed by atoms with E-state index in [-0.39, 0.29) is 0 Å². The zero-order valence-electron chi connectivity index (χ0n) is 16.7. The highest BCUT2D eigenvalue weighted by atomic mass is 14.1. The fourth-order valence-corrected chi connectivity index (χ4v) is 3.57. The van der Waals surface area contributed by atoms with Crippen LogP contribution in [0.4, 0.5) is 0 Å². The van der Waals surface area contributed by atoms with E-state index in [0.29, 0.717) is 0 Å². The summed E-state index contributed by atoms with van der Waals surface area (Å²) in [5.74, 6) is 0. The van der Waals surface area contributed by atoms with Crippen LogP contribution >= 0.6 is 0 Å². The smallest absolute Gasteiger partial charge is 0.0198 e. The fourth-order valence-electron chi connectivity index (χ4n) is 3.57. The van der Waals surface area contributed by atoms with Gasteiger partial charge in [0, 0.05) is 0 Å². The Kier molecular flexibility index (Phi) is 6.82. The third-order valence-corrected chi connectivity index (χ3v) is 5.14. The predicted molar refractivity (Wildman–Crippen MR) is 113 cm³/mol. The molecule has 2 aromatic rings. The molecule has 0 radical (unpaired) electrons. The molecule has 0 saturated carbocycles. The zero-order chi connectivity index (χ0) is 18.4. The lowest BCUT2D eigenvalue weighted by molar-refractivity contribution is 0.851. The third-order valence-electron chi connectivity index (χ3n) is 5.14. The minimum Gasteiger partial charge on any atom is -0.0841 e. The first kappa shape index (κ1) is 19.2. The summed E-state index contributed by atoms with van der Waals surface area (Å²) in [4.78, 5) is 0. The van der Waals surface area contributed by atoms with Crippen molar-refractivity contribution in [2.45, 2.75) is 60.8 Å². The number of rotatable bonds is 6. The SMILES string of the molecule is C/C=C(/C)c1ccc(CCC/C(=C/C)c2ccc(C)cc2C)cc1C. The van der Waals surface area contributed by atoms with E-state index in [1.807, 2.05) is 0 Å². The number of hydrogen-bond acceptors (Lipinski definition) is 0. The average molecular weight is 333 g/mol. The Bertz CT molecular complexity index is 788. The van der Waals surface area contributed by atoms with Crippen LogP contribution in [0.25, 0.3) is 11.1 Å². The van der Waals surface area contributed by atoms with Gasteiger partial charge in [-0.25, -0.2) is 0 Å². The van der Waals surface area contributed by atoms with Crippen molar-refractivity contribution in [2.75, 3.05) is 0 Å². The van der Waals surface area contributed by atoms with Crippen LogP contribution in [0.15, 0.2) is 48.6 Å². The van der Waals surface area contributed by atoms with E-state index >= 15 is 0 Å². The molecule has 2 aromatic carbocycles. The number of allylic oxidation sites excluding steroid dienone is 4. The molecule has 0 aliphatic rings. The van der Waals surface area contributed by atoms with Crippen molar-refractivity contribution in [3.8, 4) is 0 Å². The molecule has 0 N–H and O–H groups in total. The molecule has 0 amide bonds. The van der Waals surface area contributed by atoms with E-state index in [0.717, 1.165) is 12.8 Å². The molecule has 0 saturated heterocycles. The van der Waals surface area contributed by atoms with Crippen molar-refractivity contribution >= 4 is 11.1 Å². The average Bonchev–Trinajstić information content (AvgIpc) is 2.59. The summed E-state index contributed by atoms with van der Waals surface area (Å²) in [5.41, 5.74) is 11.2. The molecule has 132 valence electrons. The van der Waals surface area contributed by atoms with Gasteiger partial charge in [-0.15, -0.1) is 0 Å². The minimum absolute atomic E-state index is 1.13. The van der Waals surface area contributed by atoms with Gasteiger partial charge in [0.05, 0.1) is 0 Å².